The predicted octanol–water partition coefficient (Wildman–Crippen LogP) is 2.59. The van der Waals surface area contributed by atoms with Crippen LogP contribution in [-0.2, 0) is 0 Å². The van der Waals surface area contributed by atoms with Crippen molar-refractivity contribution in [1.82, 2.24) is 14.9 Å². The Kier molecular flexibility index (Phi) is 5.28. The summed E-state index contributed by atoms with van der Waals surface area (Å²) in [6.45, 7) is 8.58. The second-order valence-corrected chi connectivity index (χ2v) is 5.54. The molecular formula is C18H22N4O2. The molecular weight excluding hydrogens is 304 g/mol. The molecule has 6 heteroatoms. The molecule has 0 amide bonds. The summed E-state index contributed by atoms with van der Waals surface area (Å²) in [4.78, 5) is 13.2. The summed E-state index contributed by atoms with van der Waals surface area (Å²) in [7, 11) is 1.62. The second kappa shape index (κ2) is 7.79. The molecule has 0 N–H and O–H groups in total. The van der Waals surface area contributed by atoms with Crippen LogP contribution in [0.1, 0.15) is 0 Å². The van der Waals surface area contributed by atoms with E-state index in [2.05, 4.69) is 26.3 Å². The van der Waals surface area contributed by atoms with Crippen LogP contribution in [0.4, 0.5) is 5.82 Å². The predicted molar refractivity (Wildman–Crippen MR) is 94.0 cm³/mol. The zero-order valence-electron chi connectivity index (χ0n) is 13.9. The van der Waals surface area contributed by atoms with E-state index in [0.29, 0.717) is 17.4 Å². The van der Waals surface area contributed by atoms with Crippen LogP contribution in [0.3, 0.4) is 0 Å². The minimum atomic E-state index is 0.512. The molecule has 0 unspecified atom stereocenters. The smallest absolute Gasteiger partial charge is 0.224 e. The first-order chi connectivity index (χ1) is 11.8. The number of anilines is 1. The third-order valence-corrected chi connectivity index (χ3v) is 3.99. The van der Waals surface area contributed by atoms with Gasteiger partial charge in [-0.2, -0.15) is 0 Å². The van der Waals surface area contributed by atoms with Gasteiger partial charge in [-0.1, -0.05) is 18.2 Å². The van der Waals surface area contributed by atoms with Crippen LogP contribution in [0.2, 0.25) is 0 Å². The highest BCUT2D eigenvalue weighted by molar-refractivity contribution is 5.45. The van der Waals surface area contributed by atoms with E-state index in [9.17, 15) is 0 Å². The van der Waals surface area contributed by atoms with E-state index in [1.807, 2.05) is 36.4 Å². The third kappa shape index (κ3) is 3.83. The van der Waals surface area contributed by atoms with Gasteiger partial charge in [0, 0.05) is 38.8 Å². The van der Waals surface area contributed by atoms with Crippen molar-refractivity contribution in [2.45, 2.75) is 0 Å². The number of nitrogens with zero attached hydrogens (tertiary/aromatic N) is 4. The Morgan fingerprint density at radius 1 is 1.12 bits per heavy atom. The maximum absolute atomic E-state index is 5.87. The summed E-state index contributed by atoms with van der Waals surface area (Å²) in [6, 6.07) is 9.39. The van der Waals surface area contributed by atoms with E-state index in [1.165, 1.54) is 6.33 Å². The normalized spacial score (nSPS) is 15.1. The molecule has 1 saturated heterocycles. The molecule has 6 nitrogen and oxygen atoms in total. The Morgan fingerprint density at radius 3 is 2.58 bits per heavy atom. The van der Waals surface area contributed by atoms with Gasteiger partial charge in [0.05, 0.1) is 7.11 Å². The van der Waals surface area contributed by atoms with Gasteiger partial charge in [-0.05, 0) is 12.1 Å². The monoisotopic (exact) mass is 326 g/mol. The molecule has 1 aliphatic heterocycles. The molecule has 1 aromatic carbocycles. The molecule has 126 valence electrons. The molecule has 0 atom stereocenters. The molecule has 1 aromatic heterocycles. The quantitative estimate of drug-likeness (QED) is 0.761. The van der Waals surface area contributed by atoms with Gasteiger partial charge >= 0.3 is 0 Å². The van der Waals surface area contributed by atoms with Crippen molar-refractivity contribution in [3.05, 3.63) is 49.3 Å². The maximum Gasteiger partial charge on any atom is 0.224 e. The summed E-state index contributed by atoms with van der Waals surface area (Å²) in [6.07, 6.45) is 3.48. The van der Waals surface area contributed by atoms with Crippen LogP contribution >= 0.6 is 0 Å². The van der Waals surface area contributed by atoms with E-state index in [4.69, 9.17) is 9.47 Å². The number of ether oxygens (including phenoxy) is 2. The number of hydrogen-bond acceptors (Lipinski definition) is 6. The number of hydrogen-bond donors (Lipinski definition) is 0. The summed E-state index contributed by atoms with van der Waals surface area (Å²) < 4.78 is 11.2. The summed E-state index contributed by atoms with van der Waals surface area (Å²) >= 11 is 0. The van der Waals surface area contributed by atoms with Crippen molar-refractivity contribution in [2.75, 3.05) is 44.7 Å². The van der Waals surface area contributed by atoms with Gasteiger partial charge in [0.15, 0.2) is 11.5 Å². The van der Waals surface area contributed by atoms with Crippen LogP contribution in [0.15, 0.2) is 49.3 Å². The van der Waals surface area contributed by atoms with Crippen LogP contribution in [0.25, 0.3) is 0 Å². The van der Waals surface area contributed by atoms with E-state index in [0.717, 1.165) is 38.5 Å². The Hall–Kier alpha value is -2.60. The van der Waals surface area contributed by atoms with Gasteiger partial charge in [0.25, 0.3) is 0 Å². The molecule has 0 bridgehead atoms. The van der Waals surface area contributed by atoms with Gasteiger partial charge in [-0.15, -0.1) is 6.58 Å². The molecule has 0 spiro atoms. The van der Waals surface area contributed by atoms with Crippen molar-refractivity contribution in [3.63, 3.8) is 0 Å². The van der Waals surface area contributed by atoms with E-state index >= 15 is 0 Å². The minimum absolute atomic E-state index is 0.512. The van der Waals surface area contributed by atoms with E-state index < -0.39 is 0 Å². The highest BCUT2D eigenvalue weighted by Crippen LogP contribution is 2.30. The molecule has 1 aliphatic rings. The van der Waals surface area contributed by atoms with Crippen molar-refractivity contribution in [3.8, 4) is 17.4 Å². The van der Waals surface area contributed by atoms with Crippen LogP contribution < -0.4 is 14.4 Å². The maximum atomic E-state index is 5.87. The topological polar surface area (TPSA) is 50.7 Å². The number of piperazine rings is 1. The molecule has 3 rings (SSSR count). The Balaban J connectivity index is 1.69. The number of aromatic nitrogens is 2. The fraction of sp³-hybridized carbons (Fsp3) is 0.333. The van der Waals surface area contributed by atoms with E-state index in [-0.39, 0.29) is 0 Å². The fourth-order valence-electron chi connectivity index (χ4n) is 2.72. The first kappa shape index (κ1) is 16.3. The van der Waals surface area contributed by atoms with Crippen molar-refractivity contribution in [1.29, 1.82) is 0 Å². The standard InChI is InChI=1S/C18H22N4O2/c1-3-8-21-9-11-22(12-10-21)17-13-18(20-14-19-17)24-16-7-5-4-6-15(16)23-2/h3-7,13-14H,1,8-12H2,2H3. The summed E-state index contributed by atoms with van der Waals surface area (Å²) in [5.74, 6) is 2.71. The zero-order chi connectivity index (χ0) is 16.8. The first-order valence-electron chi connectivity index (χ1n) is 8.01. The Bertz CT molecular complexity index is 684. The lowest BCUT2D eigenvalue weighted by Crippen LogP contribution is -2.46. The average Bonchev–Trinajstić information content (AvgIpc) is 2.63. The second-order valence-electron chi connectivity index (χ2n) is 5.54. The molecule has 24 heavy (non-hydrogen) atoms. The van der Waals surface area contributed by atoms with Gasteiger partial charge in [0.1, 0.15) is 12.1 Å². The van der Waals surface area contributed by atoms with Crippen molar-refractivity contribution >= 4 is 5.82 Å². The highest BCUT2D eigenvalue weighted by Gasteiger charge is 2.18. The lowest BCUT2D eigenvalue weighted by Gasteiger charge is -2.34. The molecule has 1 fully saturated rings. The molecule has 0 saturated carbocycles. The van der Waals surface area contributed by atoms with Gasteiger partial charge in [0.2, 0.25) is 5.88 Å². The lowest BCUT2D eigenvalue weighted by molar-refractivity contribution is 0.283. The molecule has 0 radical (unpaired) electrons. The number of methoxy groups -OCH3 is 1. The van der Waals surface area contributed by atoms with Crippen LogP contribution in [0, 0.1) is 0 Å². The van der Waals surface area contributed by atoms with Gasteiger partial charge in [-0.25, -0.2) is 9.97 Å². The Morgan fingerprint density at radius 2 is 1.88 bits per heavy atom. The number of rotatable bonds is 6. The first-order valence-corrected chi connectivity index (χ1v) is 8.01. The van der Waals surface area contributed by atoms with Crippen molar-refractivity contribution in [2.24, 2.45) is 0 Å². The van der Waals surface area contributed by atoms with Crippen molar-refractivity contribution < 1.29 is 9.47 Å². The average molecular weight is 326 g/mol. The van der Waals surface area contributed by atoms with Gasteiger partial charge in [-0.3, -0.25) is 4.90 Å². The van der Waals surface area contributed by atoms with Crippen LogP contribution in [-0.4, -0.2) is 54.7 Å². The largest absolute Gasteiger partial charge is 0.493 e. The third-order valence-electron chi connectivity index (χ3n) is 3.99. The fourth-order valence-corrected chi connectivity index (χ4v) is 2.72. The SMILES string of the molecule is C=CCN1CCN(c2cc(Oc3ccccc3OC)ncn2)CC1. The summed E-state index contributed by atoms with van der Waals surface area (Å²) in [5, 5.41) is 0. The van der Waals surface area contributed by atoms with E-state index in [1.54, 1.807) is 7.11 Å². The molecule has 0 aliphatic carbocycles. The minimum Gasteiger partial charge on any atom is -0.493 e. The number of para-hydroxylation sites is 2. The summed E-state index contributed by atoms with van der Waals surface area (Å²) in [5.41, 5.74) is 0. The van der Waals surface area contributed by atoms with Gasteiger partial charge < -0.3 is 14.4 Å². The molecule has 2 heterocycles. The molecule has 2 aromatic rings. The highest BCUT2D eigenvalue weighted by atomic mass is 16.5. The zero-order valence-corrected chi connectivity index (χ0v) is 13.9. The Labute approximate surface area is 142 Å². The van der Waals surface area contributed by atoms with Crippen LogP contribution in [0.5, 0.6) is 17.4 Å². The number of benzene rings is 1. The lowest BCUT2D eigenvalue weighted by atomic mass is 10.3.